The molecule has 3 N–H and O–H groups in total. The molecular formula is C19H19F4N2O3+. The van der Waals surface area contributed by atoms with E-state index in [1.807, 2.05) is 0 Å². The highest BCUT2D eigenvalue weighted by atomic mass is 19.4. The molecule has 150 valence electrons. The average molecular weight is 399 g/mol. The third-order valence-electron chi connectivity index (χ3n) is 3.95. The summed E-state index contributed by atoms with van der Waals surface area (Å²) in [5, 5.41) is 2.41. The maximum Gasteiger partial charge on any atom is 0.478 e. The SMILES string of the molecule is CCOC(=O)[C@@](NC(=O)c1ccccc1)([NH2+]Cc1ccc(F)cc1)C(F)(F)F. The molecule has 0 saturated heterocycles. The minimum atomic E-state index is -5.16. The number of rotatable bonds is 7. The zero-order chi connectivity index (χ0) is 20.8. The number of esters is 1. The van der Waals surface area contributed by atoms with E-state index in [1.54, 1.807) is 11.4 Å². The molecule has 2 aromatic rings. The van der Waals surface area contributed by atoms with Crippen LogP contribution in [0.4, 0.5) is 17.6 Å². The van der Waals surface area contributed by atoms with Gasteiger partial charge < -0.3 is 10.1 Å². The van der Waals surface area contributed by atoms with Gasteiger partial charge in [-0.1, -0.05) is 30.3 Å². The van der Waals surface area contributed by atoms with Gasteiger partial charge in [0.25, 0.3) is 5.91 Å². The average Bonchev–Trinajstić information content (AvgIpc) is 2.66. The van der Waals surface area contributed by atoms with Crippen LogP contribution in [0.15, 0.2) is 54.6 Å². The van der Waals surface area contributed by atoms with Crippen molar-refractivity contribution in [3.63, 3.8) is 0 Å². The largest absolute Gasteiger partial charge is 0.478 e. The van der Waals surface area contributed by atoms with Crippen molar-refractivity contribution in [2.24, 2.45) is 0 Å². The summed E-state index contributed by atoms with van der Waals surface area (Å²) >= 11 is 0. The molecule has 1 atom stereocenters. The fourth-order valence-corrected chi connectivity index (χ4v) is 2.46. The number of nitrogens with two attached hydrogens (primary N) is 1. The first kappa shape index (κ1) is 21.4. The quantitative estimate of drug-likeness (QED) is 0.426. The Hall–Kier alpha value is -2.94. The fourth-order valence-electron chi connectivity index (χ4n) is 2.46. The predicted octanol–water partition coefficient (Wildman–Crippen LogP) is 2.14. The number of hydrogen-bond acceptors (Lipinski definition) is 3. The van der Waals surface area contributed by atoms with E-state index in [0.717, 1.165) is 12.1 Å². The lowest BCUT2D eigenvalue weighted by molar-refractivity contribution is -0.757. The van der Waals surface area contributed by atoms with Crippen molar-refractivity contribution >= 4 is 11.9 Å². The van der Waals surface area contributed by atoms with Gasteiger partial charge in [-0.2, -0.15) is 13.2 Å². The van der Waals surface area contributed by atoms with Gasteiger partial charge in [-0.05, 0) is 31.2 Å². The number of nitrogens with one attached hydrogen (secondary N) is 1. The van der Waals surface area contributed by atoms with E-state index in [9.17, 15) is 27.2 Å². The number of benzene rings is 2. The van der Waals surface area contributed by atoms with E-state index in [4.69, 9.17) is 0 Å². The van der Waals surface area contributed by atoms with Crippen molar-refractivity contribution in [1.82, 2.24) is 5.32 Å². The van der Waals surface area contributed by atoms with Gasteiger partial charge in [-0.25, -0.2) is 9.18 Å². The normalized spacial score (nSPS) is 13.5. The molecule has 0 heterocycles. The highest BCUT2D eigenvalue weighted by Gasteiger charge is 2.67. The first-order chi connectivity index (χ1) is 13.2. The van der Waals surface area contributed by atoms with E-state index < -0.39 is 29.5 Å². The van der Waals surface area contributed by atoms with E-state index in [0.29, 0.717) is 10.9 Å². The van der Waals surface area contributed by atoms with Gasteiger partial charge >= 0.3 is 17.8 Å². The fraction of sp³-hybridized carbons (Fsp3) is 0.263. The van der Waals surface area contributed by atoms with Crippen LogP contribution >= 0.6 is 0 Å². The molecular weight excluding hydrogens is 380 g/mol. The van der Waals surface area contributed by atoms with Crippen molar-refractivity contribution in [2.75, 3.05) is 6.61 Å². The first-order valence-electron chi connectivity index (χ1n) is 8.40. The van der Waals surface area contributed by atoms with Crippen molar-refractivity contribution < 1.29 is 37.2 Å². The van der Waals surface area contributed by atoms with E-state index in [1.165, 1.54) is 43.3 Å². The Balaban J connectivity index is 2.37. The molecule has 0 unspecified atom stereocenters. The molecule has 0 aliphatic carbocycles. The molecule has 0 aromatic heterocycles. The molecule has 0 spiro atoms. The van der Waals surface area contributed by atoms with Crippen molar-refractivity contribution in [2.45, 2.75) is 25.3 Å². The Morgan fingerprint density at radius 1 is 1.04 bits per heavy atom. The second kappa shape index (κ2) is 8.83. The number of quaternary nitrogens is 1. The Kier molecular flexibility index (Phi) is 6.74. The predicted molar refractivity (Wildman–Crippen MR) is 91.4 cm³/mol. The van der Waals surface area contributed by atoms with Gasteiger partial charge in [0, 0.05) is 11.1 Å². The van der Waals surface area contributed by atoms with Gasteiger partial charge in [-0.15, -0.1) is 0 Å². The minimum absolute atomic E-state index is 0.0457. The highest BCUT2D eigenvalue weighted by molar-refractivity contribution is 5.97. The van der Waals surface area contributed by atoms with Gasteiger partial charge in [0.15, 0.2) is 0 Å². The summed E-state index contributed by atoms with van der Waals surface area (Å²) in [6.45, 7) is 0.702. The highest BCUT2D eigenvalue weighted by Crippen LogP contribution is 2.27. The number of carbonyl (C=O) groups is 2. The summed E-state index contributed by atoms with van der Waals surface area (Å²) in [7, 11) is 0. The number of hydrogen-bond donors (Lipinski definition) is 2. The van der Waals surface area contributed by atoms with Gasteiger partial charge in [-0.3, -0.25) is 10.1 Å². The summed E-state index contributed by atoms with van der Waals surface area (Å²) in [5.74, 6) is -3.27. The number of alkyl halides is 3. The summed E-state index contributed by atoms with van der Waals surface area (Å²) in [4.78, 5) is 24.7. The third-order valence-corrected chi connectivity index (χ3v) is 3.95. The maximum atomic E-state index is 14.0. The summed E-state index contributed by atoms with van der Waals surface area (Å²) < 4.78 is 59.6. The van der Waals surface area contributed by atoms with Crippen LogP contribution in [0.1, 0.15) is 22.8 Å². The zero-order valence-electron chi connectivity index (χ0n) is 14.9. The van der Waals surface area contributed by atoms with Crippen LogP contribution in [-0.2, 0) is 16.1 Å². The van der Waals surface area contributed by atoms with Crippen LogP contribution in [0, 0.1) is 5.82 Å². The molecule has 9 heteroatoms. The van der Waals surface area contributed by atoms with E-state index in [-0.39, 0.29) is 18.7 Å². The van der Waals surface area contributed by atoms with Crippen LogP contribution < -0.4 is 10.6 Å². The zero-order valence-corrected chi connectivity index (χ0v) is 14.9. The molecule has 2 rings (SSSR count). The van der Waals surface area contributed by atoms with Crippen LogP contribution in [0.2, 0.25) is 0 Å². The molecule has 5 nitrogen and oxygen atoms in total. The monoisotopic (exact) mass is 399 g/mol. The van der Waals surface area contributed by atoms with Crippen LogP contribution in [-0.4, -0.2) is 30.3 Å². The third kappa shape index (κ3) is 4.86. The van der Waals surface area contributed by atoms with Crippen molar-refractivity contribution in [3.8, 4) is 0 Å². The standard InChI is InChI=1S/C19H18F4N2O3/c1-2-28-17(27)18(19(21,22)23,24-12-13-8-10-15(20)11-9-13)25-16(26)14-6-4-3-5-7-14/h3-11,24H,2,12H2,1H3,(H,25,26)/p+1/t18-/m0/s1. The summed E-state index contributed by atoms with van der Waals surface area (Å²) in [6.07, 6.45) is -5.16. The van der Waals surface area contributed by atoms with Crippen LogP contribution in [0.5, 0.6) is 0 Å². The number of amides is 1. The smallest absolute Gasteiger partial charge is 0.460 e. The molecule has 28 heavy (non-hydrogen) atoms. The van der Waals surface area contributed by atoms with Gasteiger partial charge in [0.2, 0.25) is 0 Å². The Bertz CT molecular complexity index is 810. The second-order valence-corrected chi connectivity index (χ2v) is 5.88. The first-order valence-corrected chi connectivity index (χ1v) is 8.40. The molecule has 0 saturated carbocycles. The summed E-state index contributed by atoms with van der Waals surface area (Å²) in [6, 6.07) is 12.0. The van der Waals surface area contributed by atoms with E-state index >= 15 is 0 Å². The topological polar surface area (TPSA) is 72.0 Å². The molecule has 0 bridgehead atoms. The van der Waals surface area contributed by atoms with Crippen LogP contribution in [0.3, 0.4) is 0 Å². The lowest BCUT2D eigenvalue weighted by atomic mass is 10.1. The Morgan fingerprint density at radius 3 is 2.18 bits per heavy atom. The summed E-state index contributed by atoms with van der Waals surface area (Å²) in [5.41, 5.74) is -3.08. The lowest BCUT2D eigenvalue weighted by Gasteiger charge is -2.31. The Labute approximate surface area is 158 Å². The van der Waals surface area contributed by atoms with Crippen molar-refractivity contribution in [1.29, 1.82) is 0 Å². The molecule has 0 radical (unpaired) electrons. The molecule has 0 aliphatic heterocycles. The van der Waals surface area contributed by atoms with Gasteiger partial charge in [0.05, 0.1) is 6.61 Å². The second-order valence-electron chi connectivity index (χ2n) is 5.88. The van der Waals surface area contributed by atoms with Crippen LogP contribution in [0.25, 0.3) is 0 Å². The van der Waals surface area contributed by atoms with Gasteiger partial charge in [0.1, 0.15) is 12.4 Å². The van der Waals surface area contributed by atoms with E-state index in [2.05, 4.69) is 4.74 Å². The Morgan fingerprint density at radius 2 is 1.64 bits per heavy atom. The molecule has 0 aliphatic rings. The minimum Gasteiger partial charge on any atom is -0.460 e. The number of ether oxygens (including phenoxy) is 1. The molecule has 2 aromatic carbocycles. The molecule has 0 fully saturated rings. The number of halogens is 4. The maximum absolute atomic E-state index is 14.0. The molecule has 1 amide bonds. The number of carbonyl (C=O) groups excluding carboxylic acids is 2. The lowest BCUT2D eigenvalue weighted by Crippen LogP contribution is -3.06. The van der Waals surface area contributed by atoms with Crippen molar-refractivity contribution in [3.05, 3.63) is 71.5 Å².